The molecule has 8 heteroatoms. The fourth-order valence-corrected chi connectivity index (χ4v) is 4.59. The summed E-state index contributed by atoms with van der Waals surface area (Å²) in [6.45, 7) is 1.68. The second kappa shape index (κ2) is 11.2. The van der Waals surface area contributed by atoms with Crippen molar-refractivity contribution in [1.29, 1.82) is 0 Å². The van der Waals surface area contributed by atoms with E-state index in [2.05, 4.69) is 5.32 Å². The Balaban J connectivity index is 1.22. The van der Waals surface area contributed by atoms with Crippen LogP contribution in [0.4, 0.5) is 0 Å². The van der Waals surface area contributed by atoms with Crippen LogP contribution in [0.2, 0.25) is 0 Å². The van der Waals surface area contributed by atoms with Crippen molar-refractivity contribution >= 4 is 17.7 Å². The van der Waals surface area contributed by atoms with Gasteiger partial charge in [0, 0.05) is 38.2 Å². The van der Waals surface area contributed by atoms with E-state index < -0.39 is 12.1 Å². The molecule has 0 spiro atoms. The highest BCUT2D eigenvalue weighted by Crippen LogP contribution is 2.31. The fourth-order valence-electron chi connectivity index (χ4n) is 4.59. The Hall–Kier alpha value is -4.33. The maximum Gasteiger partial charge on any atom is 0.267 e. The summed E-state index contributed by atoms with van der Waals surface area (Å²) in [7, 11) is 0. The number of fused-ring (bicyclic) bond motifs is 1. The van der Waals surface area contributed by atoms with Crippen LogP contribution in [0.5, 0.6) is 11.5 Å². The average molecular weight is 500 g/mol. The highest BCUT2D eigenvalue weighted by Gasteiger charge is 2.35. The third-order valence-corrected chi connectivity index (χ3v) is 6.61. The zero-order valence-corrected chi connectivity index (χ0v) is 20.4. The first-order valence-corrected chi connectivity index (χ1v) is 12.4. The number of para-hydroxylation sites is 2. The molecule has 3 amide bonds. The Kier molecular flexibility index (Phi) is 7.35. The molecule has 5 rings (SSSR count). The van der Waals surface area contributed by atoms with Gasteiger partial charge in [0.25, 0.3) is 11.8 Å². The van der Waals surface area contributed by atoms with Crippen LogP contribution in [-0.4, -0.2) is 72.5 Å². The van der Waals surface area contributed by atoms with Gasteiger partial charge < -0.3 is 24.6 Å². The van der Waals surface area contributed by atoms with Gasteiger partial charge in [0.2, 0.25) is 12.0 Å². The number of carbonyl (C=O) groups is 3. The number of hydrogen-bond donors (Lipinski definition) is 1. The SMILES string of the molecule is O=C(N[C@H](Cc1ccccc1)C(=O)N1CCN(C(=O)[C@H]2COc3ccccc3O2)CC1)c1ccccc1. The molecule has 0 aliphatic carbocycles. The molecule has 3 aromatic carbocycles. The highest BCUT2D eigenvalue weighted by atomic mass is 16.6. The van der Waals surface area contributed by atoms with Crippen molar-refractivity contribution in [2.45, 2.75) is 18.6 Å². The lowest BCUT2D eigenvalue weighted by molar-refractivity contribution is -0.146. The Morgan fingerprint density at radius 3 is 2.08 bits per heavy atom. The minimum absolute atomic E-state index is 0.152. The standard InChI is InChI=1S/C29H29N3O5/c33-27(22-11-5-2-6-12-22)30-23(19-21-9-3-1-4-10-21)28(34)31-15-17-32(18-16-31)29(35)26-20-36-24-13-7-8-14-25(24)37-26/h1-14,23,26H,15-20H2,(H,30,33)/t23-,26-/m1/s1. The molecular weight excluding hydrogens is 470 g/mol. The first-order chi connectivity index (χ1) is 18.1. The van der Waals surface area contributed by atoms with Crippen molar-refractivity contribution in [2.75, 3.05) is 32.8 Å². The fraction of sp³-hybridized carbons (Fsp3) is 0.276. The number of nitrogens with one attached hydrogen (secondary N) is 1. The number of ether oxygens (including phenoxy) is 2. The molecule has 8 nitrogen and oxygen atoms in total. The predicted octanol–water partition coefficient (Wildman–Crippen LogP) is 2.54. The molecule has 0 radical (unpaired) electrons. The van der Waals surface area contributed by atoms with E-state index in [1.807, 2.05) is 54.6 Å². The summed E-state index contributed by atoms with van der Waals surface area (Å²) in [5.41, 5.74) is 1.46. The number of carbonyl (C=O) groups excluding carboxylic acids is 3. The van der Waals surface area contributed by atoms with Gasteiger partial charge in [-0.15, -0.1) is 0 Å². The van der Waals surface area contributed by atoms with Crippen molar-refractivity contribution in [3.05, 3.63) is 96.1 Å². The van der Waals surface area contributed by atoms with Crippen LogP contribution in [0, 0.1) is 0 Å². The van der Waals surface area contributed by atoms with E-state index >= 15 is 0 Å². The summed E-state index contributed by atoms with van der Waals surface area (Å²) in [4.78, 5) is 42.9. The summed E-state index contributed by atoms with van der Waals surface area (Å²) in [5.74, 6) is 0.576. The van der Waals surface area contributed by atoms with Crippen LogP contribution in [-0.2, 0) is 16.0 Å². The second-order valence-electron chi connectivity index (χ2n) is 9.10. The van der Waals surface area contributed by atoms with Crippen molar-refractivity contribution in [1.82, 2.24) is 15.1 Å². The van der Waals surface area contributed by atoms with Crippen LogP contribution in [0.1, 0.15) is 15.9 Å². The van der Waals surface area contributed by atoms with Crippen molar-refractivity contribution < 1.29 is 23.9 Å². The van der Waals surface area contributed by atoms with E-state index in [-0.39, 0.29) is 24.3 Å². The predicted molar refractivity (Wildman–Crippen MR) is 137 cm³/mol. The van der Waals surface area contributed by atoms with E-state index in [0.717, 1.165) is 5.56 Å². The van der Waals surface area contributed by atoms with Gasteiger partial charge in [-0.05, 0) is 29.8 Å². The van der Waals surface area contributed by atoms with Gasteiger partial charge in [0.1, 0.15) is 12.6 Å². The van der Waals surface area contributed by atoms with Gasteiger partial charge >= 0.3 is 0 Å². The Bertz CT molecular complexity index is 1240. The molecule has 0 bridgehead atoms. The Labute approximate surface area is 215 Å². The molecule has 1 saturated heterocycles. The van der Waals surface area contributed by atoms with Crippen LogP contribution in [0.25, 0.3) is 0 Å². The minimum atomic E-state index is -0.719. The first-order valence-electron chi connectivity index (χ1n) is 12.4. The molecule has 37 heavy (non-hydrogen) atoms. The second-order valence-corrected chi connectivity index (χ2v) is 9.10. The van der Waals surface area contributed by atoms with E-state index in [4.69, 9.17) is 9.47 Å². The van der Waals surface area contributed by atoms with Crippen LogP contribution < -0.4 is 14.8 Å². The summed E-state index contributed by atoms with van der Waals surface area (Å²) in [6, 6.07) is 25.0. The molecule has 0 unspecified atom stereocenters. The lowest BCUT2D eigenvalue weighted by Crippen LogP contribution is -2.58. The largest absolute Gasteiger partial charge is 0.485 e. The van der Waals surface area contributed by atoms with Crippen molar-refractivity contribution in [3.8, 4) is 11.5 Å². The molecule has 2 aliphatic heterocycles. The molecule has 0 saturated carbocycles. The van der Waals surface area contributed by atoms with Gasteiger partial charge in [-0.25, -0.2) is 0 Å². The summed E-state index contributed by atoms with van der Waals surface area (Å²) < 4.78 is 11.6. The van der Waals surface area contributed by atoms with Gasteiger partial charge in [-0.2, -0.15) is 0 Å². The number of benzene rings is 3. The number of nitrogens with zero attached hydrogens (tertiary/aromatic N) is 2. The number of rotatable bonds is 6. The smallest absolute Gasteiger partial charge is 0.267 e. The average Bonchev–Trinajstić information content (AvgIpc) is 2.97. The molecule has 3 aromatic rings. The summed E-state index contributed by atoms with van der Waals surface area (Å²) in [6.07, 6.45) is -0.336. The van der Waals surface area contributed by atoms with E-state index in [0.29, 0.717) is 49.7 Å². The molecular formula is C29H29N3O5. The maximum atomic E-state index is 13.5. The summed E-state index contributed by atoms with van der Waals surface area (Å²) in [5, 5.41) is 2.93. The van der Waals surface area contributed by atoms with Gasteiger partial charge in [0.05, 0.1) is 0 Å². The van der Waals surface area contributed by atoms with Crippen LogP contribution in [0.3, 0.4) is 0 Å². The lowest BCUT2D eigenvalue weighted by Gasteiger charge is -2.38. The van der Waals surface area contributed by atoms with E-state index in [1.165, 1.54) is 0 Å². The number of hydrogen-bond acceptors (Lipinski definition) is 5. The van der Waals surface area contributed by atoms with Crippen LogP contribution >= 0.6 is 0 Å². The van der Waals surface area contributed by atoms with E-state index in [1.54, 1.807) is 40.1 Å². The minimum Gasteiger partial charge on any atom is -0.485 e. The maximum absolute atomic E-state index is 13.5. The molecule has 0 aromatic heterocycles. The van der Waals surface area contributed by atoms with E-state index in [9.17, 15) is 14.4 Å². The van der Waals surface area contributed by atoms with Gasteiger partial charge in [-0.3, -0.25) is 14.4 Å². The zero-order chi connectivity index (χ0) is 25.6. The molecule has 2 heterocycles. The summed E-state index contributed by atoms with van der Waals surface area (Å²) >= 11 is 0. The zero-order valence-electron chi connectivity index (χ0n) is 20.4. The molecule has 190 valence electrons. The Morgan fingerprint density at radius 2 is 1.38 bits per heavy atom. The molecule has 1 fully saturated rings. The molecule has 2 aliphatic rings. The normalized spacial score (nSPS) is 17.6. The molecule has 2 atom stereocenters. The monoisotopic (exact) mass is 499 g/mol. The highest BCUT2D eigenvalue weighted by molar-refractivity contribution is 5.97. The third kappa shape index (κ3) is 5.74. The Morgan fingerprint density at radius 1 is 0.784 bits per heavy atom. The van der Waals surface area contributed by atoms with Gasteiger partial charge in [-0.1, -0.05) is 60.7 Å². The van der Waals surface area contributed by atoms with Crippen LogP contribution in [0.15, 0.2) is 84.9 Å². The third-order valence-electron chi connectivity index (χ3n) is 6.61. The topological polar surface area (TPSA) is 88.2 Å². The van der Waals surface area contributed by atoms with Gasteiger partial charge in [0.15, 0.2) is 11.5 Å². The van der Waals surface area contributed by atoms with Crippen molar-refractivity contribution in [2.24, 2.45) is 0 Å². The number of amides is 3. The van der Waals surface area contributed by atoms with Crippen molar-refractivity contribution in [3.63, 3.8) is 0 Å². The first kappa shape index (κ1) is 24.4. The lowest BCUT2D eigenvalue weighted by atomic mass is 10.0. The molecule has 1 N–H and O–H groups in total. The number of piperazine rings is 1. The quantitative estimate of drug-likeness (QED) is 0.563.